The SMILES string of the molecule is CSN1[CH-]N(SC)CC1.O=[N+]([O-])c1cccnc1.[Cl][Ru+2].c1ccc2c(c1)[cH-]c1ccccc12. The molecule has 5 rings (SSSR count). The van der Waals surface area contributed by atoms with Crippen molar-refractivity contribution >= 4 is 60.8 Å². The van der Waals surface area contributed by atoms with E-state index in [9.17, 15) is 10.1 Å². The first-order valence-corrected chi connectivity index (χ1v) is 14.4. The Morgan fingerprint density at radius 2 is 1.45 bits per heavy atom. The summed E-state index contributed by atoms with van der Waals surface area (Å²) in [6.45, 7) is 4.46. The normalized spacial score (nSPS) is 13.3. The van der Waals surface area contributed by atoms with E-state index < -0.39 is 4.92 Å². The van der Waals surface area contributed by atoms with Crippen molar-refractivity contribution in [2.24, 2.45) is 0 Å². The van der Waals surface area contributed by atoms with Gasteiger partial charge >= 0.3 is 27.0 Å². The van der Waals surface area contributed by atoms with Crippen LogP contribution in [0.5, 0.6) is 0 Å². The molecule has 0 radical (unpaired) electrons. The van der Waals surface area contributed by atoms with Gasteiger partial charge < -0.3 is 8.61 Å². The van der Waals surface area contributed by atoms with Crippen LogP contribution in [0.4, 0.5) is 5.69 Å². The molecule has 0 unspecified atom stereocenters. The molecule has 0 atom stereocenters. The second-order valence-electron chi connectivity index (χ2n) is 6.55. The average molecular weight is 589 g/mol. The van der Waals surface area contributed by atoms with Crippen molar-refractivity contribution < 1.29 is 22.2 Å². The molecule has 1 aromatic heterocycles. The summed E-state index contributed by atoms with van der Waals surface area (Å²) < 4.78 is 4.47. The van der Waals surface area contributed by atoms with Crippen molar-refractivity contribution in [1.82, 2.24) is 13.6 Å². The fraction of sp³-hybridized carbons (Fsp3) is 0.174. The number of rotatable bonds is 3. The third-order valence-corrected chi connectivity index (χ3v) is 6.14. The van der Waals surface area contributed by atoms with Gasteiger partial charge in [-0.15, -0.1) is 63.6 Å². The number of nitro groups is 1. The molecular formula is C23H24ClN4O2RuS2. The van der Waals surface area contributed by atoms with Crippen LogP contribution < -0.4 is 0 Å². The van der Waals surface area contributed by atoms with Crippen LogP contribution in [0.3, 0.4) is 0 Å². The quantitative estimate of drug-likeness (QED) is 0.0871. The molecule has 33 heavy (non-hydrogen) atoms. The number of pyridine rings is 1. The Hall–Kier alpha value is -1.61. The topological polar surface area (TPSA) is 62.5 Å². The zero-order chi connectivity index (χ0) is 24.1. The van der Waals surface area contributed by atoms with Gasteiger partial charge in [-0.25, -0.2) is 0 Å². The van der Waals surface area contributed by atoms with E-state index in [0.717, 1.165) is 13.1 Å². The van der Waals surface area contributed by atoms with Crippen molar-refractivity contribution in [3.05, 3.63) is 95.9 Å². The van der Waals surface area contributed by atoms with E-state index in [-0.39, 0.29) is 5.69 Å². The van der Waals surface area contributed by atoms with Crippen LogP contribution in [0, 0.1) is 16.8 Å². The predicted octanol–water partition coefficient (Wildman–Crippen LogP) is 6.67. The molecule has 0 saturated carbocycles. The van der Waals surface area contributed by atoms with Crippen molar-refractivity contribution in [3.8, 4) is 0 Å². The molecular weight excluding hydrogens is 565 g/mol. The first-order chi connectivity index (χ1) is 16.1. The van der Waals surface area contributed by atoms with E-state index in [1.807, 2.05) is 17.3 Å². The summed E-state index contributed by atoms with van der Waals surface area (Å²) in [5, 5.41) is 15.4. The molecule has 10 heteroatoms. The third-order valence-electron chi connectivity index (χ3n) is 4.65. The zero-order valence-electron chi connectivity index (χ0n) is 18.2. The molecule has 0 spiro atoms. The monoisotopic (exact) mass is 589 g/mol. The van der Waals surface area contributed by atoms with Gasteiger partial charge in [0, 0.05) is 12.3 Å². The average Bonchev–Trinajstić information content (AvgIpc) is 3.51. The van der Waals surface area contributed by atoms with Crippen LogP contribution in [-0.4, -0.2) is 44.1 Å². The van der Waals surface area contributed by atoms with Crippen LogP contribution in [-0.2, 0) is 17.3 Å². The Morgan fingerprint density at radius 3 is 1.82 bits per heavy atom. The summed E-state index contributed by atoms with van der Waals surface area (Å²) in [6.07, 6.45) is 6.90. The molecule has 0 N–H and O–H groups in total. The largest absolute Gasteiger partial charge is 0.126 e. The number of benzene rings is 2. The standard InChI is InChI=1S/C13H9.C5H4N2O2.C5H11N2S2.ClH.Ru/c1-3-7-12-10(5-1)9-11-6-2-4-8-13(11)12;8-7(9)5-2-1-3-6-4-5;1-8-6-3-4-7(5-6)9-2;;/h1-9H;1-4H;5H,3-4H2,1-2H3;1H;/q-1;;-1;;+3/p-1. The van der Waals surface area contributed by atoms with Gasteiger partial charge in [-0.2, -0.15) is 6.67 Å². The predicted molar refractivity (Wildman–Crippen MR) is 139 cm³/mol. The van der Waals surface area contributed by atoms with E-state index >= 15 is 0 Å². The molecule has 1 saturated heterocycles. The molecule has 1 fully saturated rings. The Balaban J connectivity index is 0.000000174. The van der Waals surface area contributed by atoms with E-state index in [4.69, 9.17) is 0 Å². The van der Waals surface area contributed by atoms with E-state index in [1.54, 1.807) is 23.9 Å². The first kappa shape index (κ1) is 27.6. The summed E-state index contributed by atoms with van der Waals surface area (Å²) in [5.41, 5.74) is 0.0255. The summed E-state index contributed by atoms with van der Waals surface area (Å²) in [4.78, 5) is 13.1. The molecule has 6 nitrogen and oxygen atoms in total. The summed E-state index contributed by atoms with van der Waals surface area (Å²) in [6, 6.07) is 22.2. The van der Waals surface area contributed by atoms with E-state index in [0.29, 0.717) is 0 Å². The van der Waals surface area contributed by atoms with Gasteiger partial charge in [0.05, 0.1) is 4.92 Å². The smallest absolute Gasteiger partial charge is 0.0771 e. The van der Waals surface area contributed by atoms with Gasteiger partial charge in [0.25, 0.3) is 5.69 Å². The zero-order valence-corrected chi connectivity index (χ0v) is 22.3. The minimum absolute atomic E-state index is 0.0255. The number of aromatic nitrogens is 1. The van der Waals surface area contributed by atoms with Crippen molar-refractivity contribution in [2.75, 3.05) is 25.6 Å². The van der Waals surface area contributed by atoms with Gasteiger partial charge in [-0.1, -0.05) is 36.4 Å². The second kappa shape index (κ2) is 15.3. The fourth-order valence-corrected chi connectivity index (χ4v) is 4.10. The number of nitrogens with zero attached hydrogens (tertiary/aromatic N) is 4. The molecule has 1 aliphatic rings. The summed E-state index contributed by atoms with van der Waals surface area (Å²) in [5.74, 6) is 0. The molecule has 0 bridgehead atoms. The molecule has 0 aliphatic carbocycles. The van der Waals surface area contributed by atoms with Crippen molar-refractivity contribution in [2.45, 2.75) is 0 Å². The van der Waals surface area contributed by atoms with Gasteiger partial charge in [-0.05, 0) is 31.7 Å². The van der Waals surface area contributed by atoms with Crippen LogP contribution in [0.25, 0.3) is 21.5 Å². The first-order valence-electron chi connectivity index (χ1n) is 9.80. The third kappa shape index (κ3) is 8.59. The van der Waals surface area contributed by atoms with Crippen LogP contribution in [0.2, 0.25) is 0 Å². The van der Waals surface area contributed by atoms with Gasteiger partial charge in [0.2, 0.25) is 0 Å². The van der Waals surface area contributed by atoms with Crippen molar-refractivity contribution in [1.29, 1.82) is 0 Å². The minimum Gasteiger partial charge on any atom is -0.126 e. The Kier molecular flexibility index (Phi) is 12.8. The van der Waals surface area contributed by atoms with Gasteiger partial charge in [0.1, 0.15) is 6.20 Å². The summed E-state index contributed by atoms with van der Waals surface area (Å²) >= 11 is 5.37. The molecule has 3 aromatic carbocycles. The Morgan fingerprint density at radius 1 is 0.939 bits per heavy atom. The molecule has 2 heterocycles. The molecule has 0 amide bonds. The van der Waals surface area contributed by atoms with Gasteiger partial charge in [0.15, 0.2) is 0 Å². The van der Waals surface area contributed by atoms with E-state index in [1.165, 1.54) is 46.1 Å². The molecule has 4 aromatic rings. The molecule has 1 aliphatic heterocycles. The number of hydrogen-bond donors (Lipinski definition) is 0. The van der Waals surface area contributed by atoms with Crippen molar-refractivity contribution in [3.63, 3.8) is 0 Å². The minimum atomic E-state index is -0.479. The fourth-order valence-electron chi connectivity index (χ4n) is 3.10. The van der Waals surface area contributed by atoms with Crippen LogP contribution >= 0.6 is 33.6 Å². The summed E-state index contributed by atoms with van der Waals surface area (Å²) in [7, 11) is 4.57. The Labute approximate surface area is 217 Å². The maximum absolute atomic E-state index is 9.97. The molecule has 175 valence electrons. The second-order valence-corrected chi connectivity index (χ2v) is 8.22. The van der Waals surface area contributed by atoms with Crippen LogP contribution in [0.1, 0.15) is 0 Å². The maximum Gasteiger partial charge on any atom is -0.0771 e. The Bertz CT molecular complexity index is 1060. The number of halogens is 1. The van der Waals surface area contributed by atoms with E-state index in [2.05, 4.69) is 97.1 Å². The van der Waals surface area contributed by atoms with Crippen LogP contribution in [0.15, 0.2) is 79.1 Å². The number of fused-ring (bicyclic) bond motifs is 3. The van der Waals surface area contributed by atoms with Gasteiger partial charge in [-0.3, -0.25) is 15.1 Å². The maximum atomic E-state index is 9.97. The number of hydrogen-bond acceptors (Lipinski definition) is 7.